The highest BCUT2D eigenvalue weighted by atomic mass is 35.5. The predicted octanol–water partition coefficient (Wildman–Crippen LogP) is 3.21. The number of nitrogens with zero attached hydrogens (tertiary/aromatic N) is 1. The van der Waals surface area contributed by atoms with Crippen molar-refractivity contribution in [3.8, 4) is 0 Å². The zero-order chi connectivity index (χ0) is 14.3. The molecule has 0 bridgehead atoms. The zero-order valence-electron chi connectivity index (χ0n) is 11.8. The third-order valence-electron chi connectivity index (χ3n) is 5.03. The fourth-order valence-corrected chi connectivity index (χ4v) is 4.23. The lowest BCUT2D eigenvalue weighted by atomic mass is 9.99. The first-order valence-corrected chi connectivity index (χ1v) is 8.01. The summed E-state index contributed by atoms with van der Waals surface area (Å²) in [7, 11) is 0. The molecule has 1 aromatic heterocycles. The number of aromatic nitrogens is 2. The molecule has 1 N–H and O–H groups in total. The van der Waals surface area contributed by atoms with E-state index in [4.69, 9.17) is 11.6 Å². The second-order valence-corrected chi connectivity index (χ2v) is 6.67. The van der Waals surface area contributed by atoms with Crippen LogP contribution in [-0.4, -0.2) is 9.55 Å². The molecule has 4 nitrogen and oxygen atoms in total. The zero-order valence-corrected chi connectivity index (χ0v) is 12.6. The van der Waals surface area contributed by atoms with Crippen molar-refractivity contribution in [2.75, 3.05) is 0 Å². The van der Waals surface area contributed by atoms with Crippen molar-refractivity contribution in [1.29, 1.82) is 0 Å². The van der Waals surface area contributed by atoms with Crippen molar-refractivity contribution in [2.24, 2.45) is 5.92 Å². The Hall–Kier alpha value is -1.03. The quantitative estimate of drug-likeness (QED) is 0.852. The highest BCUT2D eigenvalue weighted by Crippen LogP contribution is 2.36. The van der Waals surface area contributed by atoms with Gasteiger partial charge < -0.3 is 0 Å². The van der Waals surface area contributed by atoms with Crippen LogP contribution in [0, 0.1) is 5.92 Å². The molecule has 2 fully saturated rings. The van der Waals surface area contributed by atoms with Crippen LogP contribution in [-0.2, 0) is 0 Å². The molecule has 1 heterocycles. The largest absolute Gasteiger partial charge is 0.329 e. The Morgan fingerprint density at radius 2 is 1.80 bits per heavy atom. The van der Waals surface area contributed by atoms with Crippen LogP contribution in [0.5, 0.6) is 0 Å². The van der Waals surface area contributed by atoms with Crippen LogP contribution >= 0.6 is 11.6 Å². The number of halogens is 1. The van der Waals surface area contributed by atoms with Crippen LogP contribution in [0.25, 0.3) is 0 Å². The molecule has 1 aromatic rings. The van der Waals surface area contributed by atoms with Gasteiger partial charge in [0.25, 0.3) is 5.56 Å². The monoisotopic (exact) mass is 296 g/mol. The standard InChI is InChI=1S/C15H21ClN2O2/c1-9-5-4-8-11(9)18-14(19)12(10-6-2-3-7-10)13(16)17-15(18)20/h9-11H,2-8H2,1H3,(H,17,20). The first-order valence-electron chi connectivity index (χ1n) is 7.63. The van der Waals surface area contributed by atoms with Crippen LogP contribution in [0.2, 0.25) is 5.15 Å². The van der Waals surface area contributed by atoms with Gasteiger partial charge in [-0.25, -0.2) is 4.79 Å². The Balaban J connectivity index is 2.12. The Bertz CT molecular complexity index is 613. The average Bonchev–Trinajstić information content (AvgIpc) is 3.02. The molecule has 2 aliphatic rings. The first kappa shape index (κ1) is 13.9. The van der Waals surface area contributed by atoms with Gasteiger partial charge in [-0.1, -0.05) is 37.8 Å². The van der Waals surface area contributed by atoms with Crippen molar-refractivity contribution in [3.63, 3.8) is 0 Å². The number of rotatable bonds is 2. The summed E-state index contributed by atoms with van der Waals surface area (Å²) < 4.78 is 1.44. The minimum Gasteiger partial charge on any atom is -0.297 e. The molecule has 0 aromatic carbocycles. The van der Waals surface area contributed by atoms with Gasteiger partial charge in [-0.05, 0) is 37.5 Å². The van der Waals surface area contributed by atoms with Crippen molar-refractivity contribution in [1.82, 2.24) is 9.55 Å². The number of nitrogens with one attached hydrogen (secondary N) is 1. The molecule has 5 heteroatoms. The van der Waals surface area contributed by atoms with Crippen LogP contribution in [0.15, 0.2) is 9.59 Å². The number of H-pyrrole nitrogens is 1. The first-order chi connectivity index (χ1) is 9.59. The maximum atomic E-state index is 12.8. The number of hydrogen-bond acceptors (Lipinski definition) is 2. The normalized spacial score (nSPS) is 27.3. The Morgan fingerprint density at radius 1 is 1.10 bits per heavy atom. The molecule has 0 spiro atoms. The fraction of sp³-hybridized carbons (Fsp3) is 0.733. The molecule has 2 aliphatic carbocycles. The summed E-state index contributed by atoms with van der Waals surface area (Å²) in [5.41, 5.74) is 0.146. The van der Waals surface area contributed by atoms with E-state index < -0.39 is 0 Å². The molecular formula is C15H21ClN2O2. The van der Waals surface area contributed by atoms with Crippen molar-refractivity contribution >= 4 is 11.6 Å². The summed E-state index contributed by atoms with van der Waals surface area (Å²) in [6.45, 7) is 2.12. The molecule has 110 valence electrons. The lowest BCUT2D eigenvalue weighted by Gasteiger charge is -2.20. The summed E-state index contributed by atoms with van der Waals surface area (Å²) in [6, 6.07) is 0.0312. The van der Waals surface area contributed by atoms with Crippen molar-refractivity contribution in [2.45, 2.75) is 63.8 Å². The van der Waals surface area contributed by atoms with Gasteiger partial charge in [-0.15, -0.1) is 0 Å². The number of aromatic amines is 1. The van der Waals surface area contributed by atoms with E-state index in [1.54, 1.807) is 0 Å². The highest BCUT2D eigenvalue weighted by molar-refractivity contribution is 6.30. The molecule has 20 heavy (non-hydrogen) atoms. The molecule has 2 saturated carbocycles. The summed E-state index contributed by atoms with van der Waals surface area (Å²) >= 11 is 6.16. The maximum Gasteiger partial charge on any atom is 0.329 e. The fourth-order valence-electron chi connectivity index (χ4n) is 3.92. The molecule has 3 rings (SSSR count). The van der Waals surface area contributed by atoms with E-state index in [1.165, 1.54) is 4.57 Å². The smallest absolute Gasteiger partial charge is 0.297 e. The lowest BCUT2D eigenvalue weighted by Crippen LogP contribution is -2.41. The van der Waals surface area contributed by atoms with Crippen LogP contribution in [0.4, 0.5) is 0 Å². The maximum absolute atomic E-state index is 12.8. The SMILES string of the molecule is CC1CCCC1n1c(=O)[nH]c(Cl)c(C2CCCC2)c1=O. The molecule has 2 atom stereocenters. The van der Waals surface area contributed by atoms with Crippen LogP contribution in [0.1, 0.15) is 69.4 Å². The average molecular weight is 297 g/mol. The third kappa shape index (κ3) is 2.24. The summed E-state index contributed by atoms with van der Waals surface area (Å²) in [5, 5.41) is 0.258. The molecule has 0 radical (unpaired) electrons. The molecule has 0 saturated heterocycles. The van der Waals surface area contributed by atoms with Gasteiger partial charge in [0.2, 0.25) is 0 Å². The third-order valence-corrected chi connectivity index (χ3v) is 5.33. The number of hydrogen-bond donors (Lipinski definition) is 1. The van der Waals surface area contributed by atoms with Gasteiger partial charge in [-0.2, -0.15) is 0 Å². The van der Waals surface area contributed by atoms with Crippen LogP contribution < -0.4 is 11.2 Å². The predicted molar refractivity (Wildman–Crippen MR) is 79.6 cm³/mol. The molecule has 2 unspecified atom stereocenters. The molecule has 0 aliphatic heterocycles. The van der Waals surface area contributed by atoms with Gasteiger partial charge in [-0.3, -0.25) is 14.3 Å². The molecular weight excluding hydrogens is 276 g/mol. The summed E-state index contributed by atoms with van der Waals surface area (Å²) in [6.07, 6.45) is 7.36. The summed E-state index contributed by atoms with van der Waals surface area (Å²) in [4.78, 5) is 27.7. The van der Waals surface area contributed by atoms with E-state index in [0.29, 0.717) is 11.5 Å². The van der Waals surface area contributed by atoms with Crippen molar-refractivity contribution in [3.05, 3.63) is 31.6 Å². The Labute approximate surface area is 123 Å². The van der Waals surface area contributed by atoms with Gasteiger partial charge in [0.1, 0.15) is 5.15 Å². The Kier molecular flexibility index (Phi) is 3.76. The van der Waals surface area contributed by atoms with Gasteiger partial charge in [0.15, 0.2) is 0 Å². The second-order valence-electron chi connectivity index (χ2n) is 6.29. The van der Waals surface area contributed by atoms with Crippen molar-refractivity contribution < 1.29 is 0 Å². The van der Waals surface area contributed by atoms with Crippen LogP contribution in [0.3, 0.4) is 0 Å². The topological polar surface area (TPSA) is 54.9 Å². The van der Waals surface area contributed by atoms with E-state index in [1.807, 2.05) is 0 Å². The van der Waals surface area contributed by atoms with E-state index in [0.717, 1.165) is 44.9 Å². The van der Waals surface area contributed by atoms with E-state index in [-0.39, 0.29) is 28.4 Å². The van der Waals surface area contributed by atoms with Gasteiger partial charge >= 0.3 is 5.69 Å². The Morgan fingerprint density at radius 3 is 2.40 bits per heavy atom. The highest BCUT2D eigenvalue weighted by Gasteiger charge is 2.31. The second kappa shape index (κ2) is 5.40. The lowest BCUT2D eigenvalue weighted by molar-refractivity contribution is 0.380. The van der Waals surface area contributed by atoms with E-state index in [2.05, 4.69) is 11.9 Å². The minimum atomic E-state index is -0.347. The van der Waals surface area contributed by atoms with E-state index >= 15 is 0 Å². The summed E-state index contributed by atoms with van der Waals surface area (Å²) in [5.74, 6) is 0.598. The van der Waals surface area contributed by atoms with E-state index in [9.17, 15) is 9.59 Å². The minimum absolute atomic E-state index is 0.0312. The van der Waals surface area contributed by atoms with Gasteiger partial charge in [0, 0.05) is 6.04 Å². The molecule has 0 amide bonds. The van der Waals surface area contributed by atoms with Gasteiger partial charge in [0.05, 0.1) is 5.56 Å².